The van der Waals surface area contributed by atoms with Crippen molar-refractivity contribution in [3.63, 3.8) is 0 Å². The molecule has 0 atom stereocenters. The van der Waals surface area contributed by atoms with Gasteiger partial charge in [0.25, 0.3) is 5.82 Å². The molecule has 86 valence electrons. The number of H-pyrrole nitrogens is 1. The van der Waals surface area contributed by atoms with E-state index < -0.39 is 0 Å². The van der Waals surface area contributed by atoms with Crippen molar-refractivity contribution in [3.8, 4) is 0 Å². The van der Waals surface area contributed by atoms with Crippen molar-refractivity contribution in [1.29, 1.82) is 0 Å². The Kier molecular flexibility index (Phi) is 3.19. The highest BCUT2D eigenvalue weighted by Crippen LogP contribution is 2.07. The van der Waals surface area contributed by atoms with Crippen LogP contribution in [0.1, 0.15) is 21.5 Å². The molecule has 0 aliphatic heterocycles. The number of aromatic nitrogens is 1. The van der Waals surface area contributed by atoms with Gasteiger partial charge in [-0.3, -0.25) is 0 Å². The minimum Gasteiger partial charge on any atom is -0.247 e. The Labute approximate surface area is 101 Å². The van der Waals surface area contributed by atoms with Crippen molar-refractivity contribution in [2.75, 3.05) is 5.32 Å². The highest BCUT2D eigenvalue weighted by atomic mass is 16.1. The van der Waals surface area contributed by atoms with Crippen LogP contribution in [0.15, 0.2) is 42.6 Å². The fourth-order valence-corrected chi connectivity index (χ4v) is 1.56. The molecule has 1 aromatic carbocycles. The Hall–Kier alpha value is -2.16. The molecule has 2 N–H and O–H groups in total. The maximum absolute atomic E-state index is 11.9. The number of hydrogen-bond donors (Lipinski definition) is 1. The van der Waals surface area contributed by atoms with E-state index in [0.717, 1.165) is 11.1 Å². The van der Waals surface area contributed by atoms with Crippen LogP contribution in [-0.4, -0.2) is 5.91 Å². The number of amides is 1. The number of pyridine rings is 1. The third kappa shape index (κ3) is 2.91. The molecular formula is C14H15N2O+. The van der Waals surface area contributed by atoms with E-state index >= 15 is 0 Å². The molecule has 0 fully saturated rings. The van der Waals surface area contributed by atoms with Crippen molar-refractivity contribution in [2.45, 2.75) is 13.8 Å². The molecule has 0 aliphatic carbocycles. The summed E-state index contributed by atoms with van der Waals surface area (Å²) in [6, 6.07) is 11.3. The van der Waals surface area contributed by atoms with Gasteiger partial charge in [0, 0.05) is 6.07 Å². The summed E-state index contributed by atoms with van der Waals surface area (Å²) < 4.78 is 0. The largest absolute Gasteiger partial charge is 0.339 e. The number of anilines is 1. The molecule has 2 rings (SSSR count). The van der Waals surface area contributed by atoms with Gasteiger partial charge in [-0.05, 0) is 37.6 Å². The predicted molar refractivity (Wildman–Crippen MR) is 66.9 cm³/mol. The first-order valence-corrected chi connectivity index (χ1v) is 5.51. The van der Waals surface area contributed by atoms with E-state index in [1.165, 1.54) is 0 Å². The highest BCUT2D eigenvalue weighted by molar-refractivity contribution is 6.03. The Morgan fingerprint density at radius 1 is 1.12 bits per heavy atom. The summed E-state index contributed by atoms with van der Waals surface area (Å²) in [7, 11) is 0. The second-order valence-corrected chi connectivity index (χ2v) is 4.10. The summed E-state index contributed by atoms with van der Waals surface area (Å²) in [6.45, 7) is 3.96. The smallest absolute Gasteiger partial charge is 0.247 e. The monoisotopic (exact) mass is 227 g/mol. The molecule has 1 aromatic heterocycles. The van der Waals surface area contributed by atoms with Gasteiger partial charge in [0.15, 0.2) is 0 Å². The molecule has 1 amide bonds. The lowest BCUT2D eigenvalue weighted by molar-refractivity contribution is -0.361. The van der Waals surface area contributed by atoms with E-state index in [4.69, 9.17) is 0 Å². The third-order valence-corrected chi connectivity index (χ3v) is 2.50. The molecule has 0 saturated carbocycles. The molecule has 1 heterocycles. The van der Waals surface area contributed by atoms with Crippen LogP contribution in [0.5, 0.6) is 0 Å². The SMILES string of the molecule is Cc1ccc(NC(=O)c2cccc(C)c2)[nH+]c1. The minimum atomic E-state index is -0.103. The average Bonchev–Trinajstić information content (AvgIpc) is 2.32. The van der Waals surface area contributed by atoms with Crippen molar-refractivity contribution < 1.29 is 9.78 Å². The second kappa shape index (κ2) is 4.78. The van der Waals surface area contributed by atoms with Crippen LogP contribution >= 0.6 is 0 Å². The van der Waals surface area contributed by atoms with Gasteiger partial charge in [-0.25, -0.2) is 15.1 Å². The Morgan fingerprint density at radius 2 is 1.94 bits per heavy atom. The first kappa shape index (κ1) is 11.3. The lowest BCUT2D eigenvalue weighted by Gasteiger charge is -1.99. The highest BCUT2D eigenvalue weighted by Gasteiger charge is 2.12. The molecule has 0 radical (unpaired) electrons. The van der Waals surface area contributed by atoms with Gasteiger partial charge in [-0.2, -0.15) is 0 Å². The van der Waals surface area contributed by atoms with Crippen molar-refractivity contribution >= 4 is 11.7 Å². The van der Waals surface area contributed by atoms with E-state index in [0.29, 0.717) is 11.4 Å². The first-order chi connectivity index (χ1) is 8.15. The molecule has 3 nitrogen and oxygen atoms in total. The maximum atomic E-state index is 11.9. The number of nitrogens with one attached hydrogen (secondary N) is 2. The van der Waals surface area contributed by atoms with Crippen LogP contribution in [0.3, 0.4) is 0 Å². The minimum absolute atomic E-state index is 0.103. The number of carbonyl (C=O) groups excluding carboxylic acids is 1. The van der Waals surface area contributed by atoms with Crippen LogP contribution in [0.4, 0.5) is 5.82 Å². The van der Waals surface area contributed by atoms with Gasteiger partial charge < -0.3 is 0 Å². The molecule has 2 aromatic rings. The van der Waals surface area contributed by atoms with Crippen molar-refractivity contribution in [1.82, 2.24) is 0 Å². The second-order valence-electron chi connectivity index (χ2n) is 4.10. The summed E-state index contributed by atoms with van der Waals surface area (Å²) in [5, 5.41) is 2.82. The van der Waals surface area contributed by atoms with Gasteiger partial charge in [0.1, 0.15) is 0 Å². The fraction of sp³-hybridized carbons (Fsp3) is 0.143. The van der Waals surface area contributed by atoms with E-state index in [1.807, 2.05) is 50.4 Å². The zero-order valence-electron chi connectivity index (χ0n) is 9.95. The summed E-state index contributed by atoms with van der Waals surface area (Å²) in [5.74, 6) is 0.593. The quantitative estimate of drug-likeness (QED) is 0.841. The maximum Gasteiger partial charge on any atom is 0.339 e. The number of carbonyl (C=O) groups is 1. The third-order valence-electron chi connectivity index (χ3n) is 2.50. The summed E-state index contributed by atoms with van der Waals surface area (Å²) in [6.07, 6.45) is 1.85. The number of hydrogen-bond acceptors (Lipinski definition) is 1. The molecule has 17 heavy (non-hydrogen) atoms. The van der Waals surface area contributed by atoms with Crippen LogP contribution in [0, 0.1) is 13.8 Å². The van der Waals surface area contributed by atoms with Crippen LogP contribution < -0.4 is 10.3 Å². The van der Waals surface area contributed by atoms with Crippen LogP contribution in [0.2, 0.25) is 0 Å². The van der Waals surface area contributed by atoms with Gasteiger partial charge in [-0.15, -0.1) is 0 Å². The van der Waals surface area contributed by atoms with Gasteiger partial charge >= 0.3 is 5.91 Å². The molecule has 0 bridgehead atoms. The molecule has 0 aliphatic rings. The van der Waals surface area contributed by atoms with Gasteiger partial charge in [0.05, 0.1) is 11.8 Å². The number of aromatic amines is 1. The van der Waals surface area contributed by atoms with E-state index in [-0.39, 0.29) is 5.91 Å². The number of benzene rings is 1. The zero-order valence-corrected chi connectivity index (χ0v) is 9.95. The van der Waals surface area contributed by atoms with E-state index in [9.17, 15) is 4.79 Å². The normalized spacial score (nSPS) is 10.0. The lowest BCUT2D eigenvalue weighted by atomic mass is 10.1. The first-order valence-electron chi connectivity index (χ1n) is 5.51. The topological polar surface area (TPSA) is 43.2 Å². The van der Waals surface area contributed by atoms with Crippen LogP contribution in [-0.2, 0) is 0 Å². The Balaban J connectivity index is 2.14. The van der Waals surface area contributed by atoms with E-state index in [2.05, 4.69) is 10.3 Å². The van der Waals surface area contributed by atoms with Crippen molar-refractivity contribution in [3.05, 3.63) is 59.3 Å². The zero-order chi connectivity index (χ0) is 12.3. The fourth-order valence-electron chi connectivity index (χ4n) is 1.56. The lowest BCUT2D eigenvalue weighted by Crippen LogP contribution is -2.19. The Morgan fingerprint density at radius 3 is 2.59 bits per heavy atom. The van der Waals surface area contributed by atoms with Crippen LogP contribution in [0.25, 0.3) is 0 Å². The van der Waals surface area contributed by atoms with Crippen molar-refractivity contribution in [2.24, 2.45) is 0 Å². The summed E-state index contributed by atoms with van der Waals surface area (Å²) in [4.78, 5) is 14.9. The molecule has 3 heteroatoms. The van der Waals surface area contributed by atoms with Gasteiger partial charge in [-0.1, -0.05) is 17.7 Å². The van der Waals surface area contributed by atoms with Gasteiger partial charge in [0.2, 0.25) is 0 Å². The number of aryl methyl sites for hydroxylation is 2. The Bertz CT molecular complexity index is 532. The average molecular weight is 227 g/mol. The molecule has 0 saturated heterocycles. The molecular weight excluding hydrogens is 212 g/mol. The van der Waals surface area contributed by atoms with E-state index in [1.54, 1.807) is 6.07 Å². The standard InChI is InChI=1S/C14H14N2O/c1-10-4-3-5-12(8-10)14(17)16-13-7-6-11(2)9-15-13/h3-9H,1-2H3,(H,15,16,17)/p+1. The molecule has 0 unspecified atom stereocenters. The molecule has 0 spiro atoms. The predicted octanol–water partition coefficient (Wildman–Crippen LogP) is 2.37. The summed E-state index contributed by atoms with van der Waals surface area (Å²) in [5.41, 5.74) is 2.86. The summed E-state index contributed by atoms with van der Waals surface area (Å²) >= 11 is 0. The number of rotatable bonds is 2.